The Hall–Kier alpha value is -3.22. The van der Waals surface area contributed by atoms with Gasteiger partial charge >= 0.3 is 0 Å². The number of amides is 1. The maximum atomic E-state index is 13.2. The van der Waals surface area contributed by atoms with Crippen molar-refractivity contribution in [1.82, 2.24) is 0 Å². The molecular weight excluding hydrogens is 441 g/mol. The molecule has 8 heteroatoms. The number of anilines is 1. The molecule has 31 heavy (non-hydrogen) atoms. The van der Waals surface area contributed by atoms with Crippen molar-refractivity contribution in [3.63, 3.8) is 0 Å². The van der Waals surface area contributed by atoms with Crippen molar-refractivity contribution >= 4 is 45.8 Å². The second-order valence-corrected chi connectivity index (χ2v) is 7.89. The van der Waals surface area contributed by atoms with Crippen molar-refractivity contribution in [1.29, 1.82) is 0 Å². The van der Waals surface area contributed by atoms with Crippen LogP contribution in [0, 0.1) is 13.8 Å². The lowest BCUT2D eigenvalue weighted by Gasteiger charge is -2.12. The molecule has 1 N–H and O–H groups in total. The van der Waals surface area contributed by atoms with Gasteiger partial charge in [-0.3, -0.25) is 9.59 Å². The van der Waals surface area contributed by atoms with E-state index in [1.165, 1.54) is 6.26 Å². The molecule has 4 rings (SSSR count). The number of hydrogen-bond donors (Lipinski definition) is 1. The molecule has 0 saturated heterocycles. The first-order valence-corrected chi connectivity index (χ1v) is 10.1. The summed E-state index contributed by atoms with van der Waals surface area (Å²) in [5, 5.41) is 3.76. The molecule has 0 aliphatic rings. The number of carbonyl (C=O) groups excluding carboxylic acids is 1. The van der Waals surface area contributed by atoms with Gasteiger partial charge in [-0.1, -0.05) is 29.3 Å². The lowest BCUT2D eigenvalue weighted by Crippen LogP contribution is -2.22. The Morgan fingerprint density at radius 3 is 2.52 bits per heavy atom. The van der Waals surface area contributed by atoms with Gasteiger partial charge in [0.25, 0.3) is 5.91 Å². The highest BCUT2D eigenvalue weighted by atomic mass is 35.5. The maximum Gasteiger partial charge on any atom is 0.262 e. The molecule has 4 aromatic rings. The third kappa shape index (κ3) is 4.45. The van der Waals surface area contributed by atoms with Gasteiger partial charge in [-0.2, -0.15) is 0 Å². The van der Waals surface area contributed by atoms with E-state index in [-0.39, 0.29) is 11.5 Å². The summed E-state index contributed by atoms with van der Waals surface area (Å²) in [6, 6.07) is 11.6. The number of ether oxygens (including phenoxy) is 1. The molecule has 2 heterocycles. The molecule has 0 radical (unpaired) electrons. The van der Waals surface area contributed by atoms with E-state index >= 15 is 0 Å². The first-order valence-electron chi connectivity index (χ1n) is 9.32. The third-order valence-electron chi connectivity index (χ3n) is 4.52. The second kappa shape index (κ2) is 8.49. The second-order valence-electron chi connectivity index (χ2n) is 7.02. The van der Waals surface area contributed by atoms with Crippen molar-refractivity contribution in [2.45, 2.75) is 13.8 Å². The smallest absolute Gasteiger partial charge is 0.262 e. The molecule has 6 nitrogen and oxygen atoms in total. The van der Waals surface area contributed by atoms with Crippen LogP contribution in [-0.2, 0) is 4.79 Å². The van der Waals surface area contributed by atoms with Gasteiger partial charge in [0.05, 0.1) is 11.6 Å². The van der Waals surface area contributed by atoms with Gasteiger partial charge in [-0.15, -0.1) is 0 Å². The standard InChI is InChI=1S/C23H17Cl2NO5/c1-12-6-13(2)21-17(7-12)20(28)23(22(31-21)18-4-3-5-29-18)30-11-19(27)26-16-9-14(24)8-15(25)10-16/h3-10H,11H2,1-2H3,(H,26,27). The molecule has 2 aromatic heterocycles. The van der Waals surface area contributed by atoms with Gasteiger partial charge in [0.1, 0.15) is 5.58 Å². The van der Waals surface area contributed by atoms with Gasteiger partial charge in [-0.05, 0) is 61.4 Å². The van der Waals surface area contributed by atoms with Gasteiger partial charge < -0.3 is 18.9 Å². The Morgan fingerprint density at radius 1 is 1.10 bits per heavy atom. The summed E-state index contributed by atoms with van der Waals surface area (Å²) >= 11 is 11.9. The van der Waals surface area contributed by atoms with Crippen LogP contribution in [0.4, 0.5) is 5.69 Å². The highest BCUT2D eigenvalue weighted by molar-refractivity contribution is 6.35. The highest BCUT2D eigenvalue weighted by Crippen LogP contribution is 2.32. The van der Waals surface area contributed by atoms with Crippen molar-refractivity contribution in [2.75, 3.05) is 11.9 Å². The molecule has 1 amide bonds. The minimum absolute atomic E-state index is 0.105. The van der Waals surface area contributed by atoms with E-state index in [2.05, 4.69) is 5.32 Å². The van der Waals surface area contributed by atoms with Crippen LogP contribution in [-0.4, -0.2) is 12.5 Å². The molecule has 158 valence electrons. The van der Waals surface area contributed by atoms with Crippen LogP contribution in [0.3, 0.4) is 0 Å². The summed E-state index contributed by atoms with van der Waals surface area (Å²) in [6.07, 6.45) is 1.46. The van der Waals surface area contributed by atoms with Crippen LogP contribution in [0.25, 0.3) is 22.5 Å². The fourth-order valence-electron chi connectivity index (χ4n) is 3.29. The van der Waals surface area contributed by atoms with E-state index in [1.807, 2.05) is 19.9 Å². The SMILES string of the molecule is Cc1cc(C)c2oc(-c3ccco3)c(OCC(=O)Nc3cc(Cl)cc(Cl)c3)c(=O)c2c1. The van der Waals surface area contributed by atoms with Gasteiger partial charge in [-0.25, -0.2) is 0 Å². The average molecular weight is 458 g/mol. The zero-order valence-electron chi connectivity index (χ0n) is 16.6. The summed E-state index contributed by atoms with van der Waals surface area (Å²) in [6.45, 7) is 3.31. The van der Waals surface area contributed by atoms with E-state index in [4.69, 9.17) is 36.8 Å². The van der Waals surface area contributed by atoms with E-state index in [1.54, 1.807) is 36.4 Å². The van der Waals surface area contributed by atoms with E-state index in [9.17, 15) is 9.59 Å². The molecule has 0 saturated carbocycles. The first-order chi connectivity index (χ1) is 14.8. The van der Waals surface area contributed by atoms with Gasteiger partial charge in [0.15, 0.2) is 12.4 Å². The van der Waals surface area contributed by atoms with E-state index in [0.717, 1.165) is 11.1 Å². The zero-order valence-corrected chi connectivity index (χ0v) is 18.1. The van der Waals surface area contributed by atoms with E-state index < -0.39 is 17.9 Å². The summed E-state index contributed by atoms with van der Waals surface area (Å²) in [5.41, 5.74) is 2.17. The van der Waals surface area contributed by atoms with Gasteiger partial charge in [0.2, 0.25) is 16.9 Å². The van der Waals surface area contributed by atoms with Crippen molar-refractivity contribution in [2.24, 2.45) is 0 Å². The number of fused-ring (bicyclic) bond motifs is 1. The Balaban J connectivity index is 1.69. The third-order valence-corrected chi connectivity index (χ3v) is 4.96. The predicted octanol–water partition coefficient (Wildman–Crippen LogP) is 5.99. The quantitative estimate of drug-likeness (QED) is 0.397. The topological polar surface area (TPSA) is 81.7 Å². The lowest BCUT2D eigenvalue weighted by molar-refractivity contribution is -0.118. The predicted molar refractivity (Wildman–Crippen MR) is 120 cm³/mol. The zero-order chi connectivity index (χ0) is 22.1. The highest BCUT2D eigenvalue weighted by Gasteiger charge is 2.21. The molecule has 0 unspecified atom stereocenters. The molecule has 0 bridgehead atoms. The summed E-state index contributed by atoms with van der Waals surface area (Å²) in [5.74, 6) is -0.167. The molecule has 0 atom stereocenters. The first kappa shape index (κ1) is 21.0. The number of rotatable bonds is 5. The monoisotopic (exact) mass is 457 g/mol. The normalized spacial score (nSPS) is 11.0. The molecule has 2 aromatic carbocycles. The Labute approximate surface area is 187 Å². The van der Waals surface area contributed by atoms with Crippen LogP contribution >= 0.6 is 23.2 Å². The van der Waals surface area contributed by atoms with Gasteiger partial charge in [0, 0.05) is 15.7 Å². The minimum atomic E-state index is -0.497. The summed E-state index contributed by atoms with van der Waals surface area (Å²) in [4.78, 5) is 25.6. The summed E-state index contributed by atoms with van der Waals surface area (Å²) < 4.78 is 17.0. The average Bonchev–Trinajstić information content (AvgIpc) is 3.21. The van der Waals surface area contributed by atoms with Crippen LogP contribution in [0.2, 0.25) is 10.0 Å². The Kier molecular flexibility index (Phi) is 5.76. The number of hydrogen-bond acceptors (Lipinski definition) is 5. The number of nitrogens with one attached hydrogen (secondary N) is 1. The molecule has 0 spiro atoms. The fraction of sp³-hybridized carbons (Fsp3) is 0.130. The van der Waals surface area contributed by atoms with Crippen LogP contribution in [0.5, 0.6) is 5.75 Å². The molecule has 0 fully saturated rings. The Morgan fingerprint density at radius 2 is 1.84 bits per heavy atom. The number of halogens is 2. The Bertz CT molecular complexity index is 1320. The number of carbonyl (C=O) groups is 1. The number of aryl methyl sites for hydroxylation is 2. The molecule has 0 aliphatic heterocycles. The lowest BCUT2D eigenvalue weighted by atomic mass is 10.1. The van der Waals surface area contributed by atoms with Crippen LogP contribution < -0.4 is 15.5 Å². The number of benzene rings is 2. The fourth-order valence-corrected chi connectivity index (χ4v) is 3.82. The van der Waals surface area contributed by atoms with Crippen LogP contribution in [0.1, 0.15) is 11.1 Å². The molecular formula is C23H17Cl2NO5. The van der Waals surface area contributed by atoms with Crippen molar-refractivity contribution < 1.29 is 18.4 Å². The summed E-state index contributed by atoms with van der Waals surface area (Å²) in [7, 11) is 0. The largest absolute Gasteiger partial charge is 0.476 e. The van der Waals surface area contributed by atoms with Crippen molar-refractivity contribution in [3.8, 4) is 17.3 Å². The van der Waals surface area contributed by atoms with Crippen LogP contribution in [0.15, 0.2) is 62.4 Å². The van der Waals surface area contributed by atoms with Crippen molar-refractivity contribution in [3.05, 3.63) is 80.1 Å². The minimum Gasteiger partial charge on any atom is -0.476 e. The molecule has 0 aliphatic carbocycles. The maximum absolute atomic E-state index is 13.2. The number of furan rings is 1. The van der Waals surface area contributed by atoms with E-state index in [0.29, 0.717) is 32.5 Å².